The minimum atomic E-state index is -0.614. The molecule has 0 heterocycles. The fourth-order valence-electron chi connectivity index (χ4n) is 3.68. The van der Waals surface area contributed by atoms with E-state index in [4.69, 9.17) is 0 Å². The van der Waals surface area contributed by atoms with Crippen molar-refractivity contribution in [2.45, 2.75) is 44.9 Å². The van der Waals surface area contributed by atoms with Gasteiger partial charge >= 0.3 is 5.97 Å². The van der Waals surface area contributed by atoms with E-state index in [9.17, 15) is 9.90 Å². The molecular weight excluding hydrogens is 260 g/mol. The van der Waals surface area contributed by atoms with Crippen LogP contribution in [0.15, 0.2) is 42.5 Å². The number of hydrogen-bond donors (Lipinski definition) is 1. The lowest BCUT2D eigenvalue weighted by atomic mass is 9.75. The highest BCUT2D eigenvalue weighted by molar-refractivity contribution is 5.86. The Morgan fingerprint density at radius 3 is 2.33 bits per heavy atom. The summed E-state index contributed by atoms with van der Waals surface area (Å²) in [5, 5.41) is 12.2. The molecule has 1 saturated carbocycles. The molecule has 0 aliphatic heterocycles. The van der Waals surface area contributed by atoms with Gasteiger partial charge in [-0.2, -0.15) is 0 Å². The Morgan fingerprint density at radius 1 is 0.952 bits per heavy atom. The third kappa shape index (κ3) is 2.80. The summed E-state index contributed by atoms with van der Waals surface area (Å²) in [5.41, 5.74) is 0.609. The summed E-state index contributed by atoms with van der Waals surface area (Å²) in [4.78, 5) is 12.0. The molecule has 110 valence electrons. The molecule has 0 spiro atoms. The first-order chi connectivity index (χ1) is 10.2. The maximum atomic E-state index is 12.0. The van der Waals surface area contributed by atoms with Crippen LogP contribution in [0.2, 0.25) is 0 Å². The molecule has 1 N–H and O–H groups in total. The van der Waals surface area contributed by atoms with Crippen LogP contribution in [0.25, 0.3) is 10.8 Å². The molecule has 1 fully saturated rings. The summed E-state index contributed by atoms with van der Waals surface area (Å²) in [6, 6.07) is 14.5. The molecular formula is C19H22O2. The molecule has 2 heteroatoms. The predicted octanol–water partition coefficient (Wildman–Crippen LogP) is 4.81. The van der Waals surface area contributed by atoms with E-state index in [0.29, 0.717) is 6.42 Å². The fraction of sp³-hybridized carbons (Fsp3) is 0.421. The van der Waals surface area contributed by atoms with E-state index in [0.717, 1.165) is 25.7 Å². The van der Waals surface area contributed by atoms with Gasteiger partial charge in [0.2, 0.25) is 0 Å². The third-order valence-electron chi connectivity index (χ3n) is 4.92. The van der Waals surface area contributed by atoms with E-state index in [2.05, 4.69) is 24.3 Å². The second-order valence-electron chi connectivity index (χ2n) is 6.31. The normalized spacial score (nSPS) is 18.3. The van der Waals surface area contributed by atoms with Crippen molar-refractivity contribution in [1.29, 1.82) is 0 Å². The maximum Gasteiger partial charge on any atom is 0.309 e. The van der Waals surface area contributed by atoms with Crippen molar-refractivity contribution in [2.24, 2.45) is 5.41 Å². The molecule has 1 aliphatic rings. The van der Waals surface area contributed by atoms with Crippen molar-refractivity contribution < 1.29 is 9.90 Å². The number of hydrogen-bond acceptors (Lipinski definition) is 1. The van der Waals surface area contributed by atoms with Crippen molar-refractivity contribution in [2.75, 3.05) is 0 Å². The summed E-state index contributed by atoms with van der Waals surface area (Å²) in [6.07, 6.45) is 6.70. The Morgan fingerprint density at radius 2 is 1.62 bits per heavy atom. The first-order valence-corrected chi connectivity index (χ1v) is 7.91. The summed E-state index contributed by atoms with van der Waals surface area (Å²) >= 11 is 0. The standard InChI is InChI=1S/C19H22O2/c20-18(21)19(12-5-1-2-6-13-19)14-16-10-7-9-15-8-3-4-11-17(15)16/h3-4,7-11H,1-2,5-6,12-14H2,(H,20,21). The Balaban J connectivity index is 2.00. The van der Waals surface area contributed by atoms with E-state index in [1.54, 1.807) is 0 Å². The molecule has 0 atom stereocenters. The van der Waals surface area contributed by atoms with Gasteiger partial charge < -0.3 is 5.11 Å². The van der Waals surface area contributed by atoms with Gasteiger partial charge in [0, 0.05) is 0 Å². The minimum absolute atomic E-state index is 0.569. The molecule has 0 radical (unpaired) electrons. The zero-order valence-electron chi connectivity index (χ0n) is 12.3. The Kier molecular flexibility index (Phi) is 3.96. The van der Waals surface area contributed by atoms with Crippen LogP contribution in [-0.4, -0.2) is 11.1 Å². The summed E-state index contributed by atoms with van der Waals surface area (Å²) in [5.74, 6) is -0.614. The average Bonchev–Trinajstić information content (AvgIpc) is 2.74. The number of rotatable bonds is 3. The second-order valence-corrected chi connectivity index (χ2v) is 6.31. The van der Waals surface area contributed by atoms with Crippen molar-refractivity contribution in [1.82, 2.24) is 0 Å². The van der Waals surface area contributed by atoms with Gasteiger partial charge in [0.1, 0.15) is 0 Å². The van der Waals surface area contributed by atoms with Gasteiger partial charge in [-0.25, -0.2) is 0 Å². The molecule has 0 saturated heterocycles. The number of fused-ring (bicyclic) bond motifs is 1. The molecule has 2 nitrogen and oxygen atoms in total. The Hall–Kier alpha value is -1.83. The lowest BCUT2D eigenvalue weighted by Gasteiger charge is -2.28. The summed E-state index contributed by atoms with van der Waals surface area (Å²) in [6.45, 7) is 0. The third-order valence-corrected chi connectivity index (χ3v) is 4.92. The smallest absolute Gasteiger partial charge is 0.309 e. The van der Waals surface area contributed by atoms with Crippen molar-refractivity contribution in [3.05, 3.63) is 48.0 Å². The van der Waals surface area contributed by atoms with Crippen molar-refractivity contribution in [3.63, 3.8) is 0 Å². The number of benzene rings is 2. The number of aliphatic carboxylic acids is 1. The van der Waals surface area contributed by atoms with Gasteiger partial charge in [-0.15, -0.1) is 0 Å². The largest absolute Gasteiger partial charge is 0.481 e. The molecule has 2 aromatic carbocycles. The van der Waals surface area contributed by atoms with Crippen LogP contribution in [0, 0.1) is 5.41 Å². The average molecular weight is 282 g/mol. The van der Waals surface area contributed by atoms with Crippen LogP contribution in [0.4, 0.5) is 0 Å². The Labute approximate surface area is 125 Å². The molecule has 21 heavy (non-hydrogen) atoms. The van der Waals surface area contributed by atoms with Gasteiger partial charge in [0.25, 0.3) is 0 Å². The van der Waals surface area contributed by atoms with Crippen LogP contribution in [0.5, 0.6) is 0 Å². The van der Waals surface area contributed by atoms with Crippen LogP contribution in [0.1, 0.15) is 44.1 Å². The van der Waals surface area contributed by atoms with Crippen molar-refractivity contribution >= 4 is 16.7 Å². The van der Waals surface area contributed by atoms with Crippen LogP contribution >= 0.6 is 0 Å². The zero-order chi connectivity index (χ0) is 14.7. The zero-order valence-corrected chi connectivity index (χ0v) is 12.3. The van der Waals surface area contributed by atoms with E-state index in [-0.39, 0.29) is 0 Å². The van der Waals surface area contributed by atoms with Gasteiger partial charge in [-0.3, -0.25) is 4.79 Å². The van der Waals surface area contributed by atoms with Gasteiger partial charge in [0.05, 0.1) is 5.41 Å². The van der Waals surface area contributed by atoms with Gasteiger partial charge in [-0.05, 0) is 35.6 Å². The lowest BCUT2D eigenvalue weighted by Crippen LogP contribution is -2.33. The highest BCUT2D eigenvalue weighted by atomic mass is 16.4. The molecule has 0 aromatic heterocycles. The molecule has 0 bridgehead atoms. The molecule has 3 rings (SSSR count). The summed E-state index contributed by atoms with van der Waals surface area (Å²) in [7, 11) is 0. The molecule has 2 aromatic rings. The fourth-order valence-corrected chi connectivity index (χ4v) is 3.68. The first-order valence-electron chi connectivity index (χ1n) is 7.91. The molecule has 0 amide bonds. The number of carbonyl (C=O) groups is 1. The predicted molar refractivity (Wildman–Crippen MR) is 85.4 cm³/mol. The quantitative estimate of drug-likeness (QED) is 0.820. The maximum absolute atomic E-state index is 12.0. The SMILES string of the molecule is O=C(O)C1(Cc2cccc3ccccc23)CCCCCC1. The van der Waals surface area contributed by atoms with E-state index >= 15 is 0 Å². The van der Waals surface area contributed by atoms with E-state index < -0.39 is 11.4 Å². The summed E-state index contributed by atoms with van der Waals surface area (Å²) < 4.78 is 0. The molecule has 1 aliphatic carbocycles. The number of carboxylic acid groups (broad SMARTS) is 1. The van der Waals surface area contributed by atoms with Crippen LogP contribution in [0.3, 0.4) is 0 Å². The van der Waals surface area contributed by atoms with Crippen LogP contribution in [-0.2, 0) is 11.2 Å². The van der Waals surface area contributed by atoms with Gasteiger partial charge in [-0.1, -0.05) is 68.1 Å². The monoisotopic (exact) mass is 282 g/mol. The highest BCUT2D eigenvalue weighted by Crippen LogP contribution is 2.39. The highest BCUT2D eigenvalue weighted by Gasteiger charge is 2.38. The minimum Gasteiger partial charge on any atom is -0.481 e. The van der Waals surface area contributed by atoms with Crippen molar-refractivity contribution in [3.8, 4) is 0 Å². The lowest BCUT2D eigenvalue weighted by molar-refractivity contribution is -0.149. The van der Waals surface area contributed by atoms with Gasteiger partial charge in [0.15, 0.2) is 0 Å². The molecule has 0 unspecified atom stereocenters. The topological polar surface area (TPSA) is 37.3 Å². The van der Waals surface area contributed by atoms with E-state index in [1.165, 1.54) is 29.2 Å². The Bertz CT molecular complexity index is 632. The first kappa shape index (κ1) is 14.1. The second kappa shape index (κ2) is 5.88. The van der Waals surface area contributed by atoms with E-state index in [1.807, 2.05) is 18.2 Å². The van der Waals surface area contributed by atoms with Crippen LogP contribution < -0.4 is 0 Å². The number of carboxylic acids is 1.